The molecule has 0 heterocycles. The molecule has 0 aromatic heterocycles. The van der Waals surface area contributed by atoms with Gasteiger partial charge in [-0.15, -0.1) is 0 Å². The minimum absolute atomic E-state index is 0.554. The van der Waals surface area contributed by atoms with Gasteiger partial charge in [-0.3, -0.25) is 0 Å². The fraction of sp³-hybridized carbons (Fsp3) is 1.00. The van der Waals surface area contributed by atoms with Crippen LogP contribution in [0.2, 0.25) is 0 Å². The second kappa shape index (κ2) is 3.22. The Kier molecular flexibility index (Phi) is 3.36. The van der Waals surface area contributed by atoms with Gasteiger partial charge in [0.25, 0.3) is 0 Å². The zero-order valence-corrected chi connectivity index (χ0v) is 9.26. The largest absolute Gasteiger partial charge is 0.0647 e. The van der Waals surface area contributed by atoms with Gasteiger partial charge in [-0.25, -0.2) is 0 Å². The lowest BCUT2D eigenvalue weighted by atomic mass is 9.93. The molecule has 0 aromatic rings. The first-order valence-corrected chi connectivity index (χ1v) is 7.39. The van der Waals surface area contributed by atoms with Crippen molar-refractivity contribution in [3.8, 4) is 0 Å². The van der Waals surface area contributed by atoms with Crippen LogP contribution in [0.15, 0.2) is 0 Å². The summed E-state index contributed by atoms with van der Waals surface area (Å²) in [6.07, 6.45) is 2.74. The maximum atomic E-state index is 2.42. The van der Waals surface area contributed by atoms with Crippen LogP contribution in [0.5, 0.6) is 0 Å². The van der Waals surface area contributed by atoms with Gasteiger partial charge in [-0.1, -0.05) is 20.8 Å². The monoisotopic (exact) mass is 161 g/mol. The third kappa shape index (κ3) is 5.23. The molecule has 0 atom stereocenters. The van der Waals surface area contributed by atoms with Gasteiger partial charge in [-0.05, 0) is 11.8 Å². The lowest BCUT2D eigenvalue weighted by Gasteiger charge is -2.26. The second-order valence-corrected chi connectivity index (χ2v) is 9.86. The van der Waals surface area contributed by atoms with Crippen LogP contribution in [0, 0.1) is 5.41 Å². The molecule has 0 spiro atoms. The summed E-state index contributed by atoms with van der Waals surface area (Å²) in [5.74, 6) is 0. The van der Waals surface area contributed by atoms with Gasteiger partial charge in [0.05, 0.1) is 6.16 Å². The molecule has 10 heavy (non-hydrogen) atoms. The van der Waals surface area contributed by atoms with Crippen LogP contribution in [0.1, 0.15) is 27.2 Å². The molecule has 0 bridgehead atoms. The molecule has 62 valence electrons. The SMILES string of the molecule is CCC(C)(C)C[P+](C)(C)C. The molecular weight excluding hydrogens is 139 g/mol. The normalized spacial score (nSPS) is 13.8. The van der Waals surface area contributed by atoms with Gasteiger partial charge in [0.2, 0.25) is 0 Å². The smallest absolute Gasteiger partial charge is 0.0637 e. The van der Waals surface area contributed by atoms with Crippen LogP contribution >= 0.6 is 7.26 Å². The summed E-state index contributed by atoms with van der Waals surface area (Å²) in [7, 11) is -0.554. The Bertz CT molecular complexity index is 97.8. The summed E-state index contributed by atoms with van der Waals surface area (Å²) in [5.41, 5.74) is 0.575. The molecule has 0 unspecified atom stereocenters. The maximum absolute atomic E-state index is 2.42. The van der Waals surface area contributed by atoms with E-state index in [-0.39, 0.29) is 0 Å². The average molecular weight is 161 g/mol. The zero-order valence-electron chi connectivity index (χ0n) is 8.36. The Hall–Kier alpha value is 0.430. The van der Waals surface area contributed by atoms with Crippen LogP contribution < -0.4 is 0 Å². The fourth-order valence-corrected chi connectivity index (χ4v) is 4.19. The average Bonchev–Trinajstić information content (AvgIpc) is 1.60. The van der Waals surface area contributed by atoms with E-state index in [0.29, 0.717) is 5.41 Å². The van der Waals surface area contributed by atoms with Gasteiger partial charge in [0, 0.05) is 27.3 Å². The zero-order chi connectivity index (χ0) is 8.41. The molecule has 0 fully saturated rings. The van der Waals surface area contributed by atoms with E-state index >= 15 is 0 Å². The Labute approximate surface area is 66.7 Å². The van der Waals surface area contributed by atoms with E-state index in [0.717, 1.165) is 0 Å². The Morgan fingerprint density at radius 3 is 1.60 bits per heavy atom. The minimum atomic E-state index is -0.554. The van der Waals surface area contributed by atoms with E-state index in [9.17, 15) is 0 Å². The van der Waals surface area contributed by atoms with Crippen molar-refractivity contribution < 1.29 is 0 Å². The lowest BCUT2D eigenvalue weighted by molar-refractivity contribution is 0.404. The standard InChI is InChI=1S/C9H22P/c1-7-9(2,3)8-10(4,5)6/h7-8H2,1-6H3/q+1. The molecule has 1 heteroatoms. The van der Waals surface area contributed by atoms with E-state index in [4.69, 9.17) is 0 Å². The van der Waals surface area contributed by atoms with Crippen LogP contribution in [-0.4, -0.2) is 26.2 Å². The van der Waals surface area contributed by atoms with E-state index < -0.39 is 7.26 Å². The van der Waals surface area contributed by atoms with Crippen molar-refractivity contribution in [2.75, 3.05) is 26.2 Å². The predicted octanol–water partition coefficient (Wildman–Crippen LogP) is 3.33. The molecule has 0 nitrogen and oxygen atoms in total. The van der Waals surface area contributed by atoms with Crippen molar-refractivity contribution in [3.05, 3.63) is 0 Å². The van der Waals surface area contributed by atoms with E-state index in [2.05, 4.69) is 40.8 Å². The Morgan fingerprint density at radius 1 is 1.10 bits per heavy atom. The molecule has 0 aliphatic rings. The van der Waals surface area contributed by atoms with E-state index in [1.807, 2.05) is 0 Å². The predicted molar refractivity (Wildman–Crippen MR) is 53.6 cm³/mol. The lowest BCUT2D eigenvalue weighted by Crippen LogP contribution is -2.17. The first-order chi connectivity index (χ1) is 4.27. The highest BCUT2D eigenvalue weighted by Gasteiger charge is 2.28. The molecule has 0 saturated carbocycles. The van der Waals surface area contributed by atoms with Gasteiger partial charge >= 0.3 is 0 Å². The molecule has 0 aliphatic heterocycles. The quantitative estimate of drug-likeness (QED) is 0.557. The van der Waals surface area contributed by atoms with Crippen molar-refractivity contribution in [2.24, 2.45) is 5.41 Å². The van der Waals surface area contributed by atoms with Crippen molar-refractivity contribution >= 4 is 7.26 Å². The first kappa shape index (κ1) is 10.4. The summed E-state index contributed by atoms with van der Waals surface area (Å²) in [6, 6.07) is 0. The van der Waals surface area contributed by atoms with Crippen LogP contribution in [-0.2, 0) is 0 Å². The van der Waals surface area contributed by atoms with Crippen molar-refractivity contribution in [2.45, 2.75) is 27.2 Å². The first-order valence-electron chi connectivity index (χ1n) is 4.07. The van der Waals surface area contributed by atoms with Gasteiger partial charge in [-0.2, -0.15) is 0 Å². The molecule has 0 rings (SSSR count). The highest BCUT2D eigenvalue weighted by molar-refractivity contribution is 7.73. The number of hydrogen-bond donors (Lipinski definition) is 0. The molecule has 0 N–H and O–H groups in total. The van der Waals surface area contributed by atoms with Gasteiger partial charge < -0.3 is 0 Å². The van der Waals surface area contributed by atoms with Crippen molar-refractivity contribution in [1.82, 2.24) is 0 Å². The van der Waals surface area contributed by atoms with E-state index in [1.54, 1.807) is 0 Å². The molecule has 0 saturated heterocycles. The minimum Gasteiger partial charge on any atom is -0.0647 e. The summed E-state index contributed by atoms with van der Waals surface area (Å²) in [4.78, 5) is 0. The summed E-state index contributed by atoms with van der Waals surface area (Å²) >= 11 is 0. The maximum Gasteiger partial charge on any atom is 0.0637 e. The Balaban J connectivity index is 3.89. The molecule has 0 aliphatic carbocycles. The topological polar surface area (TPSA) is 0 Å². The summed E-state index contributed by atoms with van der Waals surface area (Å²) < 4.78 is 0. The number of hydrogen-bond acceptors (Lipinski definition) is 0. The molecule has 0 aromatic carbocycles. The second-order valence-electron chi connectivity index (χ2n) is 4.97. The fourth-order valence-electron chi connectivity index (χ4n) is 1.40. The molecular formula is C9H22P+. The Morgan fingerprint density at radius 2 is 1.50 bits per heavy atom. The summed E-state index contributed by atoms with van der Waals surface area (Å²) in [6.45, 7) is 14.3. The highest BCUT2D eigenvalue weighted by atomic mass is 31.2. The van der Waals surface area contributed by atoms with Crippen LogP contribution in [0.4, 0.5) is 0 Å². The van der Waals surface area contributed by atoms with Crippen LogP contribution in [0.3, 0.4) is 0 Å². The van der Waals surface area contributed by atoms with Gasteiger partial charge in [0.1, 0.15) is 0 Å². The van der Waals surface area contributed by atoms with Crippen molar-refractivity contribution in [1.29, 1.82) is 0 Å². The van der Waals surface area contributed by atoms with Crippen molar-refractivity contribution in [3.63, 3.8) is 0 Å². The summed E-state index contributed by atoms with van der Waals surface area (Å²) in [5, 5.41) is 0. The third-order valence-electron chi connectivity index (χ3n) is 1.86. The van der Waals surface area contributed by atoms with Gasteiger partial charge in [0.15, 0.2) is 0 Å². The highest BCUT2D eigenvalue weighted by Crippen LogP contribution is 2.51. The molecule has 0 radical (unpaired) electrons. The van der Waals surface area contributed by atoms with Crippen LogP contribution in [0.25, 0.3) is 0 Å². The third-order valence-corrected chi connectivity index (χ3v) is 3.66. The number of rotatable bonds is 3. The van der Waals surface area contributed by atoms with E-state index in [1.165, 1.54) is 12.6 Å². The molecule has 0 amide bonds.